The third-order valence-electron chi connectivity index (χ3n) is 7.77. The van der Waals surface area contributed by atoms with Crippen LogP contribution in [0.2, 0.25) is 0 Å². The second-order valence-electron chi connectivity index (χ2n) is 10.6. The molecule has 0 radical (unpaired) electrons. The zero-order valence-electron chi connectivity index (χ0n) is 23.9. The van der Waals surface area contributed by atoms with Crippen LogP contribution in [0, 0.1) is 0 Å². The van der Waals surface area contributed by atoms with Gasteiger partial charge in [0, 0.05) is 37.0 Å². The molecule has 0 spiro atoms. The summed E-state index contributed by atoms with van der Waals surface area (Å²) in [6.07, 6.45) is 6.16. The number of para-hydroxylation sites is 1. The van der Waals surface area contributed by atoms with Gasteiger partial charge >= 0.3 is 0 Å². The number of allylic oxidation sites excluding steroid dienone is 1. The van der Waals surface area contributed by atoms with Gasteiger partial charge in [-0.25, -0.2) is 8.42 Å². The van der Waals surface area contributed by atoms with Crippen LogP contribution < -0.4 is 15.5 Å². The summed E-state index contributed by atoms with van der Waals surface area (Å²) in [6.45, 7) is -0.691. The summed E-state index contributed by atoms with van der Waals surface area (Å²) in [4.78, 5) is 26.6. The van der Waals surface area contributed by atoms with Gasteiger partial charge < -0.3 is 29.1 Å². The number of amides is 1. The number of nitrogens with one attached hydrogen (secondary N) is 1. The molecule has 1 fully saturated rings. The summed E-state index contributed by atoms with van der Waals surface area (Å²) in [5.41, 5.74) is 0.617. The van der Waals surface area contributed by atoms with Crippen molar-refractivity contribution < 1.29 is 36.9 Å². The lowest BCUT2D eigenvalue weighted by atomic mass is 9.93. The van der Waals surface area contributed by atoms with Crippen LogP contribution in [0.5, 0.6) is 5.75 Å². The standard InChI is InChI=1S/C31H36N2O9S/c1-39-23-10-12-24(13-11-23)43(37,38)33(14-16-34)15-17-40-29-19-21(18-28(42-29)31(36)32-22-6-2-3-7-22)26-20-41-27-9-5-4-8-25(27)30(26)35/h4-5,8-13,18,20-22,29,34H,2-3,6-7,14-17,19H2,1H3,(H,32,36)/t21-,29+/m1/s1. The van der Waals surface area contributed by atoms with Crippen LogP contribution in [0.3, 0.4) is 0 Å². The Morgan fingerprint density at radius 3 is 2.56 bits per heavy atom. The first kappa shape index (κ1) is 30.7. The molecule has 1 aliphatic heterocycles. The Morgan fingerprint density at radius 2 is 1.84 bits per heavy atom. The fraction of sp³-hybridized carbons (Fsp3) is 0.419. The van der Waals surface area contributed by atoms with Gasteiger partial charge in [0.2, 0.25) is 16.3 Å². The monoisotopic (exact) mass is 612 g/mol. The molecule has 2 N–H and O–H groups in total. The smallest absolute Gasteiger partial charge is 0.286 e. The van der Waals surface area contributed by atoms with E-state index in [4.69, 9.17) is 18.6 Å². The highest BCUT2D eigenvalue weighted by Gasteiger charge is 2.32. The fourth-order valence-electron chi connectivity index (χ4n) is 5.46. The summed E-state index contributed by atoms with van der Waals surface area (Å²) in [7, 11) is -2.45. The van der Waals surface area contributed by atoms with Crippen LogP contribution in [0.4, 0.5) is 0 Å². The predicted molar refractivity (Wildman–Crippen MR) is 158 cm³/mol. The van der Waals surface area contributed by atoms with Crippen molar-refractivity contribution >= 4 is 26.9 Å². The van der Waals surface area contributed by atoms with Crippen molar-refractivity contribution in [3.8, 4) is 5.75 Å². The Hall–Kier alpha value is -3.71. The summed E-state index contributed by atoms with van der Waals surface area (Å²) in [5.74, 6) is -0.375. The van der Waals surface area contributed by atoms with E-state index in [1.54, 1.807) is 42.5 Å². The quantitative estimate of drug-likeness (QED) is 0.315. The lowest BCUT2D eigenvalue weighted by Crippen LogP contribution is -2.39. The van der Waals surface area contributed by atoms with E-state index in [1.807, 2.05) is 0 Å². The minimum Gasteiger partial charge on any atom is -0.497 e. The van der Waals surface area contributed by atoms with Crippen LogP contribution in [0.25, 0.3) is 11.0 Å². The van der Waals surface area contributed by atoms with Gasteiger partial charge in [-0.15, -0.1) is 0 Å². The van der Waals surface area contributed by atoms with Crippen LogP contribution in [-0.2, 0) is 24.3 Å². The van der Waals surface area contributed by atoms with E-state index in [-0.39, 0.29) is 60.8 Å². The van der Waals surface area contributed by atoms with E-state index in [0.717, 1.165) is 30.0 Å². The maximum Gasteiger partial charge on any atom is 0.286 e. The van der Waals surface area contributed by atoms with Crippen molar-refractivity contribution in [2.24, 2.45) is 0 Å². The van der Waals surface area contributed by atoms with Gasteiger partial charge in [0.15, 0.2) is 11.2 Å². The molecule has 230 valence electrons. The molecule has 1 amide bonds. The number of ether oxygens (including phenoxy) is 3. The zero-order chi connectivity index (χ0) is 30.4. The number of rotatable bonds is 12. The van der Waals surface area contributed by atoms with E-state index in [2.05, 4.69) is 5.32 Å². The third kappa shape index (κ3) is 7.10. The molecular weight excluding hydrogens is 576 g/mol. The van der Waals surface area contributed by atoms with E-state index in [1.165, 1.54) is 25.5 Å². The third-order valence-corrected chi connectivity index (χ3v) is 9.68. The number of nitrogens with zero attached hydrogens (tertiary/aromatic N) is 1. The number of carbonyl (C=O) groups is 1. The average molecular weight is 613 g/mol. The Morgan fingerprint density at radius 1 is 1.09 bits per heavy atom. The largest absolute Gasteiger partial charge is 0.497 e. The highest BCUT2D eigenvalue weighted by Crippen LogP contribution is 2.31. The molecule has 1 aliphatic carbocycles. The number of carbonyl (C=O) groups excluding carboxylic acids is 1. The van der Waals surface area contributed by atoms with Crippen LogP contribution in [-0.4, -0.2) is 69.5 Å². The van der Waals surface area contributed by atoms with Crippen molar-refractivity contribution in [1.29, 1.82) is 0 Å². The van der Waals surface area contributed by atoms with Gasteiger partial charge in [0.1, 0.15) is 11.3 Å². The van der Waals surface area contributed by atoms with Crippen molar-refractivity contribution in [2.45, 2.75) is 55.2 Å². The summed E-state index contributed by atoms with van der Waals surface area (Å²) in [6, 6.07) is 13.0. The number of fused-ring (bicyclic) bond motifs is 1. The molecule has 0 saturated heterocycles. The molecule has 43 heavy (non-hydrogen) atoms. The van der Waals surface area contributed by atoms with Gasteiger partial charge in [-0.05, 0) is 55.3 Å². The highest BCUT2D eigenvalue weighted by molar-refractivity contribution is 7.89. The van der Waals surface area contributed by atoms with Crippen LogP contribution in [0.1, 0.15) is 43.6 Å². The fourth-order valence-corrected chi connectivity index (χ4v) is 6.87. The Kier molecular flexibility index (Phi) is 9.81. The van der Waals surface area contributed by atoms with Crippen LogP contribution in [0.15, 0.2) is 80.7 Å². The summed E-state index contributed by atoms with van der Waals surface area (Å²) in [5, 5.41) is 13.0. The number of benzene rings is 2. The molecule has 11 nitrogen and oxygen atoms in total. The molecule has 0 bridgehead atoms. The highest BCUT2D eigenvalue weighted by atomic mass is 32.2. The number of sulfonamides is 1. The first-order chi connectivity index (χ1) is 20.8. The Balaban J connectivity index is 1.33. The summed E-state index contributed by atoms with van der Waals surface area (Å²) >= 11 is 0. The molecule has 1 aromatic heterocycles. The lowest BCUT2D eigenvalue weighted by Gasteiger charge is -2.30. The molecule has 2 aliphatic rings. The lowest BCUT2D eigenvalue weighted by molar-refractivity contribution is -0.146. The molecule has 5 rings (SSSR count). The predicted octanol–water partition coefficient (Wildman–Crippen LogP) is 3.27. The second kappa shape index (κ2) is 13.7. The van der Waals surface area contributed by atoms with Gasteiger partial charge in [0.05, 0.1) is 36.9 Å². The van der Waals surface area contributed by atoms with Gasteiger partial charge in [0.25, 0.3) is 5.91 Å². The van der Waals surface area contributed by atoms with E-state index < -0.39 is 22.2 Å². The Labute approximate surface area is 250 Å². The van der Waals surface area contributed by atoms with Crippen molar-refractivity contribution in [3.63, 3.8) is 0 Å². The topological polar surface area (TPSA) is 145 Å². The van der Waals surface area contributed by atoms with E-state index in [9.17, 15) is 23.1 Å². The number of aliphatic hydroxyl groups excluding tert-OH is 1. The number of methoxy groups -OCH3 is 1. The second-order valence-corrected chi connectivity index (χ2v) is 12.5. The molecule has 2 heterocycles. The maximum absolute atomic E-state index is 13.4. The molecule has 1 saturated carbocycles. The molecule has 12 heteroatoms. The van der Waals surface area contributed by atoms with Crippen molar-refractivity contribution in [2.75, 3.05) is 33.4 Å². The van der Waals surface area contributed by atoms with E-state index in [0.29, 0.717) is 22.3 Å². The normalized spacial score (nSPS) is 19.3. The van der Waals surface area contributed by atoms with Crippen molar-refractivity contribution in [3.05, 3.63) is 82.4 Å². The first-order valence-electron chi connectivity index (χ1n) is 14.4. The summed E-state index contributed by atoms with van der Waals surface area (Å²) < 4.78 is 50.4. The number of aliphatic hydroxyl groups is 1. The SMILES string of the molecule is COc1ccc(S(=O)(=O)N(CCO)CCO[C@@H]2C[C@H](c3coc4ccccc4c3=O)C=C(C(=O)NC3CCCC3)O2)cc1. The minimum absolute atomic E-state index is 0.0405. The molecule has 2 atom stereocenters. The maximum atomic E-state index is 13.4. The van der Waals surface area contributed by atoms with Crippen molar-refractivity contribution in [1.82, 2.24) is 9.62 Å². The van der Waals surface area contributed by atoms with Crippen LogP contribution >= 0.6 is 0 Å². The number of hydrogen-bond donors (Lipinski definition) is 2. The molecular formula is C31H36N2O9S. The van der Waals surface area contributed by atoms with Gasteiger partial charge in [-0.1, -0.05) is 25.0 Å². The minimum atomic E-state index is -3.94. The van der Waals surface area contributed by atoms with Gasteiger partial charge in [-0.2, -0.15) is 4.31 Å². The Bertz CT molecular complexity index is 1610. The molecule has 3 aromatic rings. The molecule has 0 unspecified atom stereocenters. The van der Waals surface area contributed by atoms with E-state index >= 15 is 0 Å². The number of hydrogen-bond acceptors (Lipinski definition) is 9. The molecule has 2 aromatic carbocycles. The first-order valence-corrected chi connectivity index (χ1v) is 15.8. The average Bonchev–Trinajstić information content (AvgIpc) is 3.54. The zero-order valence-corrected chi connectivity index (χ0v) is 24.8. The van der Waals surface area contributed by atoms with Gasteiger partial charge in [-0.3, -0.25) is 9.59 Å².